The standard InChI is InChI=1S/C24H21N3O4/c1-31-24(30)21-25-18-13-12-17-19(20(18)26(21)14-15-8-4-2-5-9-15)23(29)27(22(17)28)16-10-6-3-7-11-16/h2-11,13,17,19-20H,12,14H2,1H3. The number of allylic oxidation sites excluding steroid dienone is 1. The number of esters is 1. The van der Waals surface area contributed by atoms with Crippen LogP contribution >= 0.6 is 0 Å². The lowest BCUT2D eigenvalue weighted by Crippen LogP contribution is -2.48. The minimum absolute atomic E-state index is 0.168. The van der Waals surface area contributed by atoms with Gasteiger partial charge in [-0.15, -0.1) is 0 Å². The van der Waals surface area contributed by atoms with E-state index in [-0.39, 0.29) is 17.6 Å². The Morgan fingerprint density at radius 3 is 2.39 bits per heavy atom. The van der Waals surface area contributed by atoms with Gasteiger partial charge in [0.25, 0.3) is 0 Å². The highest BCUT2D eigenvalue weighted by atomic mass is 16.5. The molecule has 0 bridgehead atoms. The Labute approximate surface area is 179 Å². The van der Waals surface area contributed by atoms with Crippen LogP contribution in [-0.4, -0.2) is 41.7 Å². The number of aliphatic imine (C=N–C) groups is 1. The molecule has 2 amide bonds. The van der Waals surface area contributed by atoms with Gasteiger partial charge in [0.15, 0.2) is 0 Å². The summed E-state index contributed by atoms with van der Waals surface area (Å²) in [6, 6.07) is 18.1. The molecule has 7 nitrogen and oxygen atoms in total. The van der Waals surface area contributed by atoms with Gasteiger partial charge in [0.1, 0.15) is 0 Å². The van der Waals surface area contributed by atoms with Crippen molar-refractivity contribution in [3.63, 3.8) is 0 Å². The van der Waals surface area contributed by atoms with E-state index in [9.17, 15) is 14.4 Å². The number of ether oxygens (including phenoxy) is 1. The summed E-state index contributed by atoms with van der Waals surface area (Å²) >= 11 is 0. The summed E-state index contributed by atoms with van der Waals surface area (Å²) in [5.41, 5.74) is 2.18. The lowest BCUT2D eigenvalue weighted by molar-refractivity contribution is -0.134. The van der Waals surface area contributed by atoms with Crippen LogP contribution in [0.2, 0.25) is 0 Å². The number of amides is 2. The fraction of sp³-hybridized carbons (Fsp3) is 0.250. The molecular weight excluding hydrogens is 394 g/mol. The molecule has 0 aromatic heterocycles. The van der Waals surface area contributed by atoms with Gasteiger partial charge in [-0.3, -0.25) is 9.59 Å². The molecule has 156 valence electrons. The first kappa shape index (κ1) is 19.2. The van der Waals surface area contributed by atoms with E-state index >= 15 is 0 Å². The zero-order chi connectivity index (χ0) is 21.5. The highest BCUT2D eigenvalue weighted by molar-refractivity contribution is 6.36. The number of rotatable bonds is 4. The molecule has 1 aliphatic carbocycles. The van der Waals surface area contributed by atoms with Crippen LogP contribution in [0.15, 0.2) is 77.4 Å². The van der Waals surface area contributed by atoms with Crippen molar-refractivity contribution in [1.29, 1.82) is 0 Å². The zero-order valence-electron chi connectivity index (χ0n) is 17.0. The van der Waals surface area contributed by atoms with E-state index in [1.807, 2.05) is 47.4 Å². The van der Waals surface area contributed by atoms with Crippen molar-refractivity contribution < 1.29 is 19.1 Å². The number of nitrogens with zero attached hydrogens (tertiary/aromatic N) is 3. The van der Waals surface area contributed by atoms with E-state index < -0.39 is 23.8 Å². The second-order valence-electron chi connectivity index (χ2n) is 7.83. The number of amidine groups is 1. The quantitative estimate of drug-likeness (QED) is 0.566. The number of benzene rings is 2. The molecule has 3 aliphatic rings. The Balaban J connectivity index is 1.54. The average molecular weight is 415 g/mol. The first-order valence-electron chi connectivity index (χ1n) is 10.2. The number of hydrogen-bond donors (Lipinski definition) is 0. The second-order valence-corrected chi connectivity index (χ2v) is 7.83. The number of hydrogen-bond acceptors (Lipinski definition) is 6. The van der Waals surface area contributed by atoms with E-state index in [2.05, 4.69) is 4.99 Å². The molecule has 3 atom stereocenters. The van der Waals surface area contributed by atoms with Gasteiger partial charge in [-0.2, -0.15) is 0 Å². The van der Waals surface area contributed by atoms with Crippen molar-refractivity contribution in [2.75, 3.05) is 12.0 Å². The molecule has 2 aliphatic heterocycles. The van der Waals surface area contributed by atoms with Crippen molar-refractivity contribution in [2.45, 2.75) is 19.0 Å². The topological polar surface area (TPSA) is 79.3 Å². The normalized spacial score (nSPS) is 24.5. The molecule has 7 heteroatoms. The van der Waals surface area contributed by atoms with E-state index in [0.717, 1.165) is 5.56 Å². The van der Waals surface area contributed by atoms with Crippen LogP contribution in [0.4, 0.5) is 5.69 Å². The lowest BCUT2D eigenvalue weighted by atomic mass is 9.79. The van der Waals surface area contributed by atoms with E-state index in [1.165, 1.54) is 12.0 Å². The molecule has 3 unspecified atom stereocenters. The van der Waals surface area contributed by atoms with Gasteiger partial charge in [-0.05, 0) is 24.1 Å². The summed E-state index contributed by atoms with van der Waals surface area (Å²) in [6.45, 7) is 0.382. The van der Waals surface area contributed by atoms with E-state index in [4.69, 9.17) is 4.74 Å². The largest absolute Gasteiger partial charge is 0.463 e. The third kappa shape index (κ3) is 3.04. The Morgan fingerprint density at radius 1 is 1.03 bits per heavy atom. The molecule has 0 saturated carbocycles. The number of carbonyl (C=O) groups is 3. The van der Waals surface area contributed by atoms with Crippen LogP contribution in [0.1, 0.15) is 12.0 Å². The number of fused-ring (bicyclic) bond motifs is 3. The van der Waals surface area contributed by atoms with Crippen molar-refractivity contribution in [2.24, 2.45) is 16.8 Å². The molecule has 1 saturated heterocycles. The van der Waals surface area contributed by atoms with Crippen LogP contribution in [0.5, 0.6) is 0 Å². The van der Waals surface area contributed by atoms with Gasteiger partial charge in [0, 0.05) is 6.54 Å². The molecule has 0 spiro atoms. The molecule has 0 N–H and O–H groups in total. The monoisotopic (exact) mass is 415 g/mol. The minimum atomic E-state index is -0.609. The highest BCUT2D eigenvalue weighted by Crippen LogP contribution is 2.45. The lowest BCUT2D eigenvalue weighted by Gasteiger charge is -2.34. The van der Waals surface area contributed by atoms with E-state index in [0.29, 0.717) is 24.4 Å². The van der Waals surface area contributed by atoms with Crippen LogP contribution in [0, 0.1) is 11.8 Å². The molecule has 1 fully saturated rings. The van der Waals surface area contributed by atoms with Gasteiger partial charge in [0.05, 0.1) is 36.4 Å². The molecule has 2 aromatic carbocycles. The third-order valence-electron chi connectivity index (χ3n) is 6.12. The molecule has 2 heterocycles. The van der Waals surface area contributed by atoms with Gasteiger partial charge in [-0.25, -0.2) is 14.7 Å². The number of imide groups is 1. The summed E-state index contributed by atoms with van der Waals surface area (Å²) in [5.74, 6) is -1.94. The fourth-order valence-corrected chi connectivity index (χ4v) is 4.73. The summed E-state index contributed by atoms with van der Waals surface area (Å²) in [7, 11) is 1.31. The number of para-hydroxylation sites is 1. The summed E-state index contributed by atoms with van der Waals surface area (Å²) in [6.07, 6.45) is 2.29. The van der Waals surface area contributed by atoms with Gasteiger partial charge in [-0.1, -0.05) is 54.6 Å². The van der Waals surface area contributed by atoms with Crippen molar-refractivity contribution in [3.05, 3.63) is 78.0 Å². The number of anilines is 1. The molecule has 31 heavy (non-hydrogen) atoms. The zero-order valence-corrected chi connectivity index (χ0v) is 17.0. The van der Waals surface area contributed by atoms with Gasteiger partial charge >= 0.3 is 5.97 Å². The van der Waals surface area contributed by atoms with Crippen molar-refractivity contribution in [1.82, 2.24) is 4.90 Å². The highest BCUT2D eigenvalue weighted by Gasteiger charge is 2.57. The maximum absolute atomic E-state index is 13.5. The van der Waals surface area contributed by atoms with Gasteiger partial charge in [0.2, 0.25) is 17.6 Å². The number of carbonyl (C=O) groups excluding carboxylic acids is 3. The Morgan fingerprint density at radius 2 is 1.71 bits per heavy atom. The molecular formula is C24H21N3O4. The Bertz CT molecular complexity index is 1110. The summed E-state index contributed by atoms with van der Waals surface area (Å²) < 4.78 is 4.96. The van der Waals surface area contributed by atoms with Crippen molar-refractivity contribution >= 4 is 29.3 Å². The average Bonchev–Trinajstić information content (AvgIpc) is 3.29. The van der Waals surface area contributed by atoms with Crippen LogP contribution in [0.3, 0.4) is 0 Å². The first-order valence-corrected chi connectivity index (χ1v) is 10.2. The van der Waals surface area contributed by atoms with Crippen molar-refractivity contribution in [3.8, 4) is 0 Å². The Kier molecular flexibility index (Phi) is 4.66. The second kappa shape index (κ2) is 7.50. The summed E-state index contributed by atoms with van der Waals surface area (Å²) in [5, 5.41) is 0. The van der Waals surface area contributed by atoms with Crippen LogP contribution in [0.25, 0.3) is 0 Å². The molecule has 0 radical (unpaired) electrons. The van der Waals surface area contributed by atoms with Crippen LogP contribution < -0.4 is 4.90 Å². The molecule has 5 rings (SSSR count). The smallest absolute Gasteiger partial charge is 0.373 e. The van der Waals surface area contributed by atoms with Gasteiger partial charge < -0.3 is 9.64 Å². The van der Waals surface area contributed by atoms with Crippen LogP contribution in [-0.2, 0) is 25.7 Å². The fourth-order valence-electron chi connectivity index (χ4n) is 4.73. The third-order valence-corrected chi connectivity index (χ3v) is 6.12. The first-order chi connectivity index (χ1) is 15.1. The predicted octanol–water partition coefficient (Wildman–Crippen LogP) is 2.54. The maximum Gasteiger partial charge on any atom is 0.373 e. The molecule has 2 aromatic rings. The SMILES string of the molecule is COC(=O)C1=NC2=CCC3C(=O)N(c4ccccc4)C(=O)C3C2N1Cc1ccccc1. The summed E-state index contributed by atoms with van der Waals surface area (Å²) in [4.78, 5) is 46.8. The predicted molar refractivity (Wildman–Crippen MR) is 114 cm³/mol. The minimum Gasteiger partial charge on any atom is -0.463 e. The number of methoxy groups -OCH3 is 1. The maximum atomic E-state index is 13.5. The Hall–Kier alpha value is -3.74. The van der Waals surface area contributed by atoms with E-state index in [1.54, 1.807) is 24.3 Å².